The van der Waals surface area contributed by atoms with Crippen LogP contribution < -0.4 is 5.32 Å². The van der Waals surface area contributed by atoms with E-state index in [0.717, 1.165) is 51.4 Å². The number of carbonyl (C=O) groups excluding carboxylic acids is 2. The van der Waals surface area contributed by atoms with Crippen molar-refractivity contribution in [3.05, 3.63) is 48.6 Å². The Hall–Kier alpha value is -2.03. The van der Waals surface area contributed by atoms with Gasteiger partial charge in [-0.05, 0) is 58.4 Å². The summed E-state index contributed by atoms with van der Waals surface area (Å²) < 4.78 is 33.2. The minimum Gasteiger partial charge on any atom is -0.462 e. The number of rotatable bonds is 44. The van der Waals surface area contributed by atoms with Crippen LogP contribution in [0.5, 0.6) is 0 Å². The molecule has 58 heavy (non-hydrogen) atoms. The number of phosphoric acid groups is 1. The number of unbranched alkanes of at least 4 members (excludes halogenated alkanes) is 22. The topological polar surface area (TPSA) is 120 Å². The Labute approximate surface area is 356 Å². The maximum atomic E-state index is 12.7. The van der Waals surface area contributed by atoms with Crippen molar-refractivity contribution < 1.29 is 37.6 Å². The first-order chi connectivity index (χ1) is 28.3. The van der Waals surface area contributed by atoms with Crippen LogP contribution in [0.4, 0.5) is 0 Å². The van der Waals surface area contributed by atoms with Gasteiger partial charge in [0.15, 0.2) is 6.10 Å². The molecule has 0 fully saturated rings. The van der Waals surface area contributed by atoms with E-state index < -0.39 is 32.5 Å². The minimum atomic E-state index is -4.36. The minimum absolute atomic E-state index is 0.0237. The third-order valence-electron chi connectivity index (χ3n) is 9.96. The van der Waals surface area contributed by atoms with Crippen LogP contribution in [0.25, 0.3) is 0 Å². The maximum Gasteiger partial charge on any atom is 0.472 e. The van der Waals surface area contributed by atoms with Gasteiger partial charge >= 0.3 is 19.8 Å². The van der Waals surface area contributed by atoms with Crippen LogP contribution in [0.1, 0.15) is 206 Å². The van der Waals surface area contributed by atoms with Gasteiger partial charge in [0.1, 0.15) is 6.61 Å². The molecule has 2 atom stereocenters. The third-order valence-corrected chi connectivity index (χ3v) is 10.9. The van der Waals surface area contributed by atoms with Gasteiger partial charge in [-0.1, -0.05) is 191 Å². The second-order valence-corrected chi connectivity index (χ2v) is 17.0. The standard InChI is InChI=1S/C48H88NO8P/c1-4-6-8-10-12-14-16-18-20-21-22-23-24-25-27-29-31-33-35-37-39-41-48(51)57-46(45-56-58(52,53)55-43-42-49-3)44-54-47(50)40-38-36-34-32-30-28-26-19-17-15-13-11-9-7-5-2/h7,9,13,15,19,26,30,32,46,49H,4-6,8,10-12,14,16-18,20-25,27-29,31,33-45H2,1-3H3,(H,52,53)/b9-7-,15-13-,26-19-,32-30-. The lowest BCUT2D eigenvalue weighted by Gasteiger charge is -2.20. The Balaban J connectivity index is 4.17. The summed E-state index contributed by atoms with van der Waals surface area (Å²) in [5.74, 6) is -0.850. The van der Waals surface area contributed by atoms with Crippen molar-refractivity contribution in [1.82, 2.24) is 5.32 Å². The van der Waals surface area contributed by atoms with E-state index in [4.69, 9.17) is 18.5 Å². The van der Waals surface area contributed by atoms with Gasteiger partial charge in [0.2, 0.25) is 0 Å². The summed E-state index contributed by atoms with van der Waals surface area (Å²) in [6, 6.07) is 0. The Morgan fingerprint density at radius 3 is 1.47 bits per heavy atom. The van der Waals surface area contributed by atoms with E-state index in [1.807, 2.05) is 0 Å². The van der Waals surface area contributed by atoms with Crippen molar-refractivity contribution in [2.24, 2.45) is 0 Å². The van der Waals surface area contributed by atoms with Crippen molar-refractivity contribution in [1.29, 1.82) is 0 Å². The highest BCUT2D eigenvalue weighted by Gasteiger charge is 2.26. The summed E-state index contributed by atoms with van der Waals surface area (Å²) in [6.07, 6.45) is 50.3. The molecule has 0 radical (unpaired) electrons. The average molecular weight is 838 g/mol. The van der Waals surface area contributed by atoms with Gasteiger partial charge in [-0.25, -0.2) is 4.57 Å². The largest absolute Gasteiger partial charge is 0.472 e. The molecule has 0 aromatic rings. The van der Waals surface area contributed by atoms with E-state index in [-0.39, 0.29) is 26.1 Å². The monoisotopic (exact) mass is 838 g/mol. The molecule has 0 heterocycles. The molecule has 2 unspecified atom stereocenters. The van der Waals surface area contributed by atoms with Gasteiger partial charge < -0.3 is 19.7 Å². The molecule has 2 N–H and O–H groups in total. The predicted molar refractivity (Wildman–Crippen MR) is 243 cm³/mol. The molecular formula is C48H88NO8P. The Morgan fingerprint density at radius 2 is 0.983 bits per heavy atom. The highest BCUT2D eigenvalue weighted by Crippen LogP contribution is 2.43. The summed E-state index contributed by atoms with van der Waals surface area (Å²) in [4.78, 5) is 35.1. The van der Waals surface area contributed by atoms with Crippen LogP contribution in [0.3, 0.4) is 0 Å². The Kier molecular flexibility index (Phi) is 43.0. The van der Waals surface area contributed by atoms with E-state index in [9.17, 15) is 19.0 Å². The summed E-state index contributed by atoms with van der Waals surface area (Å²) in [7, 11) is -2.66. The molecule has 0 aliphatic carbocycles. The Morgan fingerprint density at radius 1 is 0.552 bits per heavy atom. The molecule has 0 saturated carbocycles. The van der Waals surface area contributed by atoms with E-state index in [0.29, 0.717) is 19.4 Å². The number of hydrogen-bond acceptors (Lipinski definition) is 8. The molecule has 338 valence electrons. The van der Waals surface area contributed by atoms with Crippen LogP contribution in [-0.4, -0.2) is 56.3 Å². The molecule has 0 bridgehead atoms. The lowest BCUT2D eigenvalue weighted by Crippen LogP contribution is -2.29. The van der Waals surface area contributed by atoms with E-state index in [1.54, 1.807) is 7.05 Å². The molecular weight excluding hydrogens is 750 g/mol. The number of allylic oxidation sites excluding steroid dienone is 8. The van der Waals surface area contributed by atoms with E-state index >= 15 is 0 Å². The predicted octanol–water partition coefficient (Wildman–Crippen LogP) is 13.8. The number of hydrogen-bond donors (Lipinski definition) is 2. The van der Waals surface area contributed by atoms with Gasteiger partial charge in [0.05, 0.1) is 13.2 Å². The van der Waals surface area contributed by atoms with Crippen LogP contribution >= 0.6 is 7.82 Å². The van der Waals surface area contributed by atoms with Crippen molar-refractivity contribution in [3.8, 4) is 0 Å². The third kappa shape index (κ3) is 43.5. The van der Waals surface area contributed by atoms with E-state index in [1.165, 1.54) is 116 Å². The van der Waals surface area contributed by atoms with Crippen molar-refractivity contribution in [2.45, 2.75) is 213 Å². The maximum absolute atomic E-state index is 12.7. The fraction of sp³-hybridized carbons (Fsp3) is 0.792. The van der Waals surface area contributed by atoms with Gasteiger partial charge in [-0.3, -0.25) is 18.6 Å². The number of nitrogens with one attached hydrogen (secondary N) is 1. The van der Waals surface area contributed by atoms with E-state index in [2.05, 4.69) is 67.8 Å². The molecule has 10 heteroatoms. The highest BCUT2D eigenvalue weighted by atomic mass is 31.2. The molecule has 0 rings (SSSR count). The number of phosphoric ester groups is 1. The average Bonchev–Trinajstić information content (AvgIpc) is 3.21. The van der Waals surface area contributed by atoms with Gasteiger partial charge in [0.25, 0.3) is 0 Å². The number of likely N-dealkylation sites (N-methyl/N-ethyl adjacent to an activating group) is 1. The molecule has 0 aliphatic heterocycles. The normalized spacial score (nSPS) is 13.7. The lowest BCUT2D eigenvalue weighted by atomic mass is 10.0. The van der Waals surface area contributed by atoms with Gasteiger partial charge in [0, 0.05) is 19.4 Å². The lowest BCUT2D eigenvalue weighted by molar-refractivity contribution is -0.161. The molecule has 0 saturated heterocycles. The zero-order chi connectivity index (χ0) is 42.5. The second kappa shape index (κ2) is 44.5. The number of carbonyl (C=O) groups is 2. The zero-order valence-electron chi connectivity index (χ0n) is 37.5. The smallest absolute Gasteiger partial charge is 0.462 e. The van der Waals surface area contributed by atoms with Gasteiger partial charge in [-0.2, -0.15) is 0 Å². The zero-order valence-corrected chi connectivity index (χ0v) is 38.4. The van der Waals surface area contributed by atoms with Crippen LogP contribution in [0.2, 0.25) is 0 Å². The highest BCUT2D eigenvalue weighted by molar-refractivity contribution is 7.47. The molecule has 0 spiro atoms. The molecule has 0 aromatic carbocycles. The quantitative estimate of drug-likeness (QED) is 0.0267. The van der Waals surface area contributed by atoms with Gasteiger partial charge in [-0.15, -0.1) is 0 Å². The number of esters is 2. The summed E-state index contributed by atoms with van der Waals surface area (Å²) in [5, 5.41) is 2.82. The Bertz CT molecular complexity index is 1090. The summed E-state index contributed by atoms with van der Waals surface area (Å²) in [5.41, 5.74) is 0. The van der Waals surface area contributed by atoms with Crippen molar-refractivity contribution >= 4 is 19.8 Å². The molecule has 0 aliphatic rings. The molecule has 0 amide bonds. The van der Waals surface area contributed by atoms with Crippen LogP contribution in [0.15, 0.2) is 48.6 Å². The summed E-state index contributed by atoms with van der Waals surface area (Å²) in [6.45, 7) is 4.08. The SMILES string of the molecule is CC/C=C\C/C=C\C/C=C\C/C=C\CCCCC(=O)OCC(COP(=O)(O)OCCNC)OC(=O)CCCCCCCCCCCCCCCCCCCCCCC. The fourth-order valence-corrected chi connectivity index (χ4v) is 7.18. The molecule has 0 aromatic heterocycles. The molecule has 9 nitrogen and oxygen atoms in total. The van der Waals surface area contributed by atoms with Crippen LogP contribution in [-0.2, 0) is 32.7 Å². The summed E-state index contributed by atoms with van der Waals surface area (Å²) >= 11 is 0. The first-order valence-electron chi connectivity index (χ1n) is 23.6. The van der Waals surface area contributed by atoms with Crippen molar-refractivity contribution in [2.75, 3.05) is 33.4 Å². The van der Waals surface area contributed by atoms with Crippen molar-refractivity contribution in [3.63, 3.8) is 0 Å². The second-order valence-electron chi connectivity index (χ2n) is 15.6. The van der Waals surface area contributed by atoms with Crippen LogP contribution in [0, 0.1) is 0 Å². The first-order valence-corrected chi connectivity index (χ1v) is 25.1. The number of ether oxygens (including phenoxy) is 2. The fourth-order valence-electron chi connectivity index (χ4n) is 6.43. The first kappa shape index (κ1) is 56.0.